The molecule has 2 aromatic rings. The van der Waals surface area contributed by atoms with E-state index in [4.69, 9.17) is 0 Å². The van der Waals surface area contributed by atoms with Crippen LogP contribution in [0.2, 0.25) is 0 Å². The number of carbonyl (C=O) groups excluding carboxylic acids is 1. The maximum atomic E-state index is 10.9. The standard InChI is InChI=1S/C12H13N3O/c1-9(16)14-15(2)12-8-7-10-5-3-4-6-11(10)13-12/h3-8H,1-2H3,(H,14,16). The maximum absolute atomic E-state index is 10.9. The number of nitrogens with zero attached hydrogens (tertiary/aromatic N) is 2. The first-order valence-electron chi connectivity index (χ1n) is 5.03. The minimum atomic E-state index is -0.113. The molecule has 0 aliphatic rings. The number of amides is 1. The number of para-hydroxylation sites is 1. The van der Waals surface area contributed by atoms with Gasteiger partial charge in [-0.15, -0.1) is 0 Å². The minimum Gasteiger partial charge on any atom is -0.274 e. The van der Waals surface area contributed by atoms with Crippen LogP contribution in [0.1, 0.15) is 6.92 Å². The second-order valence-corrected chi connectivity index (χ2v) is 3.59. The molecule has 1 heterocycles. The number of hydrogen-bond donors (Lipinski definition) is 1. The van der Waals surface area contributed by atoms with Crippen LogP contribution in [0.5, 0.6) is 0 Å². The number of rotatable bonds is 2. The summed E-state index contributed by atoms with van der Waals surface area (Å²) >= 11 is 0. The molecular weight excluding hydrogens is 202 g/mol. The normalized spacial score (nSPS) is 10.1. The summed E-state index contributed by atoms with van der Waals surface area (Å²) in [6.45, 7) is 1.47. The molecule has 0 saturated heterocycles. The van der Waals surface area contributed by atoms with Gasteiger partial charge in [0.15, 0.2) is 0 Å². The molecule has 82 valence electrons. The van der Waals surface area contributed by atoms with E-state index in [0.29, 0.717) is 5.82 Å². The Morgan fingerprint density at radius 1 is 1.25 bits per heavy atom. The first-order valence-corrected chi connectivity index (χ1v) is 5.03. The molecule has 1 aromatic carbocycles. The smallest absolute Gasteiger partial charge is 0.235 e. The molecule has 16 heavy (non-hydrogen) atoms. The molecule has 0 atom stereocenters. The summed E-state index contributed by atoms with van der Waals surface area (Å²) < 4.78 is 0. The largest absolute Gasteiger partial charge is 0.274 e. The summed E-state index contributed by atoms with van der Waals surface area (Å²) in [5.41, 5.74) is 3.57. The van der Waals surface area contributed by atoms with Gasteiger partial charge in [-0.3, -0.25) is 15.2 Å². The zero-order valence-electron chi connectivity index (χ0n) is 9.27. The summed E-state index contributed by atoms with van der Waals surface area (Å²) in [4.78, 5) is 15.3. The van der Waals surface area contributed by atoms with Gasteiger partial charge in [-0.2, -0.15) is 0 Å². The predicted octanol–water partition coefficient (Wildman–Crippen LogP) is 1.72. The number of carbonyl (C=O) groups is 1. The van der Waals surface area contributed by atoms with Crippen LogP contribution in [0.15, 0.2) is 36.4 Å². The Bertz CT molecular complexity index is 524. The second kappa shape index (κ2) is 4.18. The van der Waals surface area contributed by atoms with Gasteiger partial charge in [0.25, 0.3) is 0 Å². The Labute approximate surface area is 93.9 Å². The van der Waals surface area contributed by atoms with Gasteiger partial charge in [-0.25, -0.2) is 4.98 Å². The zero-order chi connectivity index (χ0) is 11.5. The fourth-order valence-corrected chi connectivity index (χ4v) is 1.54. The highest BCUT2D eigenvalue weighted by Crippen LogP contribution is 2.15. The van der Waals surface area contributed by atoms with Gasteiger partial charge < -0.3 is 0 Å². The average Bonchev–Trinajstić information content (AvgIpc) is 2.27. The Morgan fingerprint density at radius 3 is 2.75 bits per heavy atom. The van der Waals surface area contributed by atoms with Crippen LogP contribution in [-0.2, 0) is 4.79 Å². The number of fused-ring (bicyclic) bond motifs is 1. The van der Waals surface area contributed by atoms with Gasteiger partial charge in [-0.1, -0.05) is 18.2 Å². The van der Waals surface area contributed by atoms with Crippen LogP contribution < -0.4 is 10.4 Å². The van der Waals surface area contributed by atoms with Gasteiger partial charge in [0.2, 0.25) is 5.91 Å². The van der Waals surface area contributed by atoms with E-state index in [1.807, 2.05) is 36.4 Å². The average molecular weight is 215 g/mol. The molecule has 4 heteroatoms. The van der Waals surface area contributed by atoms with Crippen LogP contribution in [0.4, 0.5) is 5.82 Å². The summed E-state index contributed by atoms with van der Waals surface area (Å²) in [6, 6.07) is 11.7. The van der Waals surface area contributed by atoms with Gasteiger partial charge >= 0.3 is 0 Å². The molecular formula is C12H13N3O. The second-order valence-electron chi connectivity index (χ2n) is 3.59. The number of anilines is 1. The molecule has 4 nitrogen and oxygen atoms in total. The van der Waals surface area contributed by atoms with E-state index in [1.54, 1.807) is 12.1 Å². The molecule has 1 aromatic heterocycles. The molecule has 1 amide bonds. The van der Waals surface area contributed by atoms with E-state index in [9.17, 15) is 4.79 Å². The predicted molar refractivity (Wildman–Crippen MR) is 64.0 cm³/mol. The molecule has 0 saturated carbocycles. The Morgan fingerprint density at radius 2 is 2.00 bits per heavy atom. The number of benzene rings is 1. The van der Waals surface area contributed by atoms with Crippen LogP contribution in [0, 0.1) is 0 Å². The van der Waals surface area contributed by atoms with Crippen molar-refractivity contribution in [1.82, 2.24) is 10.4 Å². The molecule has 0 aliphatic heterocycles. The number of hydrazine groups is 1. The monoisotopic (exact) mass is 215 g/mol. The van der Waals surface area contributed by atoms with E-state index in [0.717, 1.165) is 10.9 Å². The van der Waals surface area contributed by atoms with Gasteiger partial charge in [0.1, 0.15) is 5.82 Å². The molecule has 2 rings (SSSR count). The van der Waals surface area contributed by atoms with Crippen molar-refractivity contribution in [3.8, 4) is 0 Å². The van der Waals surface area contributed by atoms with Crippen molar-refractivity contribution in [2.24, 2.45) is 0 Å². The quantitative estimate of drug-likeness (QED) is 0.776. The van der Waals surface area contributed by atoms with E-state index < -0.39 is 0 Å². The fraction of sp³-hybridized carbons (Fsp3) is 0.167. The zero-order valence-corrected chi connectivity index (χ0v) is 9.27. The summed E-state index contributed by atoms with van der Waals surface area (Å²) in [6.07, 6.45) is 0. The topological polar surface area (TPSA) is 45.2 Å². The molecule has 0 bridgehead atoms. The van der Waals surface area contributed by atoms with Crippen molar-refractivity contribution < 1.29 is 4.79 Å². The van der Waals surface area contributed by atoms with Crippen LogP contribution in [0.25, 0.3) is 10.9 Å². The highest BCUT2D eigenvalue weighted by atomic mass is 16.2. The van der Waals surface area contributed by atoms with Gasteiger partial charge in [-0.05, 0) is 18.2 Å². The molecule has 0 aliphatic carbocycles. The fourth-order valence-electron chi connectivity index (χ4n) is 1.54. The third-order valence-electron chi connectivity index (χ3n) is 2.25. The number of hydrogen-bond acceptors (Lipinski definition) is 3. The Kier molecular flexibility index (Phi) is 2.72. The third kappa shape index (κ3) is 2.11. The molecule has 0 unspecified atom stereocenters. The number of nitrogens with one attached hydrogen (secondary N) is 1. The molecule has 1 N–H and O–H groups in total. The lowest BCUT2D eigenvalue weighted by Gasteiger charge is -2.18. The number of pyridine rings is 1. The van der Waals surface area contributed by atoms with E-state index in [1.165, 1.54) is 6.92 Å². The van der Waals surface area contributed by atoms with Crippen molar-refractivity contribution in [2.45, 2.75) is 6.92 Å². The van der Waals surface area contributed by atoms with Crippen molar-refractivity contribution in [3.63, 3.8) is 0 Å². The summed E-state index contributed by atoms with van der Waals surface area (Å²) in [7, 11) is 1.76. The lowest BCUT2D eigenvalue weighted by molar-refractivity contribution is -0.119. The third-order valence-corrected chi connectivity index (χ3v) is 2.25. The molecule has 0 fully saturated rings. The Balaban J connectivity index is 2.35. The van der Waals surface area contributed by atoms with Crippen LogP contribution in [0.3, 0.4) is 0 Å². The minimum absolute atomic E-state index is 0.113. The van der Waals surface area contributed by atoms with Crippen LogP contribution in [-0.4, -0.2) is 17.9 Å². The van der Waals surface area contributed by atoms with E-state index in [2.05, 4.69) is 10.4 Å². The first-order chi connectivity index (χ1) is 7.66. The lowest BCUT2D eigenvalue weighted by Crippen LogP contribution is -2.38. The van der Waals surface area contributed by atoms with E-state index >= 15 is 0 Å². The van der Waals surface area contributed by atoms with Crippen molar-refractivity contribution in [2.75, 3.05) is 12.1 Å². The van der Waals surface area contributed by atoms with Crippen molar-refractivity contribution >= 4 is 22.6 Å². The lowest BCUT2D eigenvalue weighted by atomic mass is 10.2. The van der Waals surface area contributed by atoms with Crippen LogP contribution >= 0.6 is 0 Å². The first kappa shape index (κ1) is 10.4. The summed E-state index contributed by atoms with van der Waals surface area (Å²) in [5, 5.41) is 2.69. The van der Waals surface area contributed by atoms with Crippen molar-refractivity contribution in [1.29, 1.82) is 0 Å². The van der Waals surface area contributed by atoms with Gasteiger partial charge in [0.05, 0.1) is 5.52 Å². The highest BCUT2D eigenvalue weighted by molar-refractivity contribution is 5.81. The Hall–Kier alpha value is -2.10. The SMILES string of the molecule is CC(=O)NN(C)c1ccc2ccccc2n1. The van der Waals surface area contributed by atoms with Crippen molar-refractivity contribution in [3.05, 3.63) is 36.4 Å². The van der Waals surface area contributed by atoms with E-state index in [-0.39, 0.29) is 5.91 Å². The van der Waals surface area contributed by atoms with Gasteiger partial charge in [0, 0.05) is 19.4 Å². The molecule has 0 spiro atoms. The molecule has 0 radical (unpaired) electrons. The summed E-state index contributed by atoms with van der Waals surface area (Å²) in [5.74, 6) is 0.603. The number of aromatic nitrogens is 1. The highest BCUT2D eigenvalue weighted by Gasteiger charge is 2.04. The maximum Gasteiger partial charge on any atom is 0.235 e.